The Morgan fingerprint density at radius 2 is 1.16 bits per heavy atom. The molecule has 0 bridgehead atoms. The van der Waals surface area contributed by atoms with E-state index in [1.807, 2.05) is 0 Å². The first kappa shape index (κ1) is 30.9. The summed E-state index contributed by atoms with van der Waals surface area (Å²) in [4.78, 5) is 24.2. The quantitative estimate of drug-likeness (QED) is 0.207. The van der Waals surface area contributed by atoms with Gasteiger partial charge in [-0.1, -0.05) is 80.1 Å². The fourth-order valence-corrected chi connectivity index (χ4v) is 4.04. The summed E-state index contributed by atoms with van der Waals surface area (Å²) in [5, 5.41) is -1.95. The third-order valence-electron chi connectivity index (χ3n) is 5.66. The van der Waals surface area contributed by atoms with Crippen molar-refractivity contribution in [1.29, 1.82) is 0 Å². The van der Waals surface area contributed by atoms with Crippen LogP contribution in [0, 0.1) is 23.7 Å². The maximum Gasteiger partial charge on any atom is 0.327 e. The lowest BCUT2D eigenvalue weighted by Crippen LogP contribution is -2.34. The lowest BCUT2D eigenvalue weighted by Gasteiger charge is -2.16. The highest BCUT2D eigenvalue weighted by Crippen LogP contribution is 2.17. The second-order valence-corrected chi connectivity index (χ2v) is 11.6. The summed E-state index contributed by atoms with van der Waals surface area (Å²) in [6.45, 7) is 13.0. The minimum atomic E-state index is -4.77. The molecule has 32 heavy (non-hydrogen) atoms. The molecular formula is C24H46O7S. The molecule has 0 rings (SSSR count). The van der Waals surface area contributed by atoms with E-state index in [9.17, 15) is 22.6 Å². The standard InChI is InChI=1S/C24H46O7S/c1-18(2)9-7-11-20(5)13-15-30-23(25)17-22(32(27,28)29)24(26)31-16-14-21(6)12-8-10-19(3)4/h18-22H,7-17H2,1-6H3,(H,27,28,29). The van der Waals surface area contributed by atoms with Gasteiger partial charge in [-0.15, -0.1) is 0 Å². The zero-order chi connectivity index (χ0) is 24.7. The van der Waals surface area contributed by atoms with E-state index in [2.05, 4.69) is 41.5 Å². The number of hydrogen-bond acceptors (Lipinski definition) is 6. The third kappa shape index (κ3) is 16.5. The second-order valence-electron chi connectivity index (χ2n) is 10.0. The Morgan fingerprint density at radius 1 is 0.719 bits per heavy atom. The Hall–Kier alpha value is -1.15. The van der Waals surface area contributed by atoms with Crippen molar-refractivity contribution in [3.63, 3.8) is 0 Å². The van der Waals surface area contributed by atoms with E-state index in [0.717, 1.165) is 38.5 Å². The number of carbonyl (C=O) groups is 2. The molecule has 0 spiro atoms. The topological polar surface area (TPSA) is 107 Å². The van der Waals surface area contributed by atoms with Crippen LogP contribution in [0.15, 0.2) is 0 Å². The Labute approximate surface area is 195 Å². The van der Waals surface area contributed by atoms with Crippen LogP contribution in [0.1, 0.15) is 99.3 Å². The molecule has 7 nitrogen and oxygen atoms in total. The summed E-state index contributed by atoms with van der Waals surface area (Å²) in [7, 11) is -4.77. The molecule has 0 saturated heterocycles. The molecule has 0 aromatic carbocycles. The van der Waals surface area contributed by atoms with Crippen molar-refractivity contribution in [2.24, 2.45) is 23.7 Å². The molecule has 0 aromatic heterocycles. The first-order valence-electron chi connectivity index (χ1n) is 12.1. The Morgan fingerprint density at radius 3 is 1.56 bits per heavy atom. The fourth-order valence-electron chi connectivity index (χ4n) is 3.39. The summed E-state index contributed by atoms with van der Waals surface area (Å²) < 4.78 is 42.8. The molecule has 0 aliphatic carbocycles. The highest BCUT2D eigenvalue weighted by molar-refractivity contribution is 7.87. The molecule has 3 unspecified atom stereocenters. The first-order valence-corrected chi connectivity index (χ1v) is 13.6. The van der Waals surface area contributed by atoms with Crippen LogP contribution in [0.25, 0.3) is 0 Å². The molecule has 190 valence electrons. The minimum Gasteiger partial charge on any atom is -0.466 e. The first-order chi connectivity index (χ1) is 14.8. The molecule has 8 heteroatoms. The van der Waals surface area contributed by atoms with Gasteiger partial charge in [0.25, 0.3) is 10.1 Å². The zero-order valence-electron chi connectivity index (χ0n) is 21.0. The van der Waals surface area contributed by atoms with Crippen molar-refractivity contribution in [3.05, 3.63) is 0 Å². The maximum atomic E-state index is 12.2. The van der Waals surface area contributed by atoms with E-state index < -0.39 is 33.7 Å². The molecule has 0 saturated carbocycles. The van der Waals surface area contributed by atoms with E-state index in [0.29, 0.717) is 36.5 Å². The van der Waals surface area contributed by atoms with E-state index in [4.69, 9.17) is 9.47 Å². The van der Waals surface area contributed by atoms with Gasteiger partial charge in [0, 0.05) is 0 Å². The van der Waals surface area contributed by atoms with Crippen molar-refractivity contribution < 1.29 is 32.0 Å². The molecule has 0 aromatic rings. The van der Waals surface area contributed by atoms with E-state index in [1.54, 1.807) is 0 Å². The maximum absolute atomic E-state index is 12.2. The number of carbonyl (C=O) groups excluding carboxylic acids is 2. The molecule has 0 heterocycles. The van der Waals surface area contributed by atoms with Crippen LogP contribution in [0.5, 0.6) is 0 Å². The van der Waals surface area contributed by atoms with Gasteiger partial charge >= 0.3 is 11.9 Å². The molecule has 1 N–H and O–H groups in total. The lowest BCUT2D eigenvalue weighted by atomic mass is 9.98. The van der Waals surface area contributed by atoms with E-state index in [1.165, 1.54) is 0 Å². The number of esters is 2. The largest absolute Gasteiger partial charge is 0.466 e. The number of ether oxygens (including phenoxy) is 2. The highest BCUT2D eigenvalue weighted by Gasteiger charge is 2.35. The van der Waals surface area contributed by atoms with Gasteiger partial charge in [0.15, 0.2) is 5.25 Å². The van der Waals surface area contributed by atoms with E-state index >= 15 is 0 Å². The molecule has 0 amide bonds. The Balaban J connectivity index is 4.37. The van der Waals surface area contributed by atoms with Gasteiger partial charge in [0.2, 0.25) is 0 Å². The van der Waals surface area contributed by atoms with Crippen LogP contribution in [0.3, 0.4) is 0 Å². The van der Waals surface area contributed by atoms with Crippen molar-refractivity contribution in [2.45, 2.75) is 105 Å². The zero-order valence-corrected chi connectivity index (χ0v) is 21.8. The van der Waals surface area contributed by atoms with Crippen molar-refractivity contribution in [2.75, 3.05) is 13.2 Å². The SMILES string of the molecule is CC(C)CCCC(C)CCOC(=O)CC(C(=O)OCCC(C)CCCC(C)C)S(=O)(=O)O. The van der Waals surface area contributed by atoms with Gasteiger partial charge in [-0.05, 0) is 36.5 Å². The van der Waals surface area contributed by atoms with Crippen LogP contribution in [0.4, 0.5) is 0 Å². The summed E-state index contributed by atoms with van der Waals surface area (Å²) in [6, 6.07) is 0. The van der Waals surface area contributed by atoms with Crippen molar-refractivity contribution in [1.82, 2.24) is 0 Å². The molecule has 0 radical (unpaired) electrons. The predicted molar refractivity (Wildman–Crippen MR) is 127 cm³/mol. The van der Waals surface area contributed by atoms with Crippen molar-refractivity contribution in [3.8, 4) is 0 Å². The summed E-state index contributed by atoms with van der Waals surface area (Å²) >= 11 is 0. The number of hydrogen-bond donors (Lipinski definition) is 1. The molecule has 0 aliphatic heterocycles. The van der Waals surface area contributed by atoms with Crippen LogP contribution >= 0.6 is 0 Å². The summed E-state index contributed by atoms with van der Waals surface area (Å²) in [6.07, 6.45) is 7.03. The summed E-state index contributed by atoms with van der Waals surface area (Å²) in [5.41, 5.74) is 0. The van der Waals surface area contributed by atoms with Crippen molar-refractivity contribution >= 4 is 22.1 Å². The van der Waals surface area contributed by atoms with Gasteiger partial charge in [-0.25, -0.2) is 0 Å². The van der Waals surface area contributed by atoms with Gasteiger partial charge in [0.1, 0.15) is 0 Å². The van der Waals surface area contributed by atoms with Gasteiger partial charge in [-0.3, -0.25) is 14.1 Å². The smallest absolute Gasteiger partial charge is 0.327 e. The average Bonchev–Trinajstić information content (AvgIpc) is 2.64. The molecular weight excluding hydrogens is 432 g/mol. The third-order valence-corrected chi connectivity index (χ3v) is 6.74. The van der Waals surface area contributed by atoms with Gasteiger partial charge in [0.05, 0.1) is 19.6 Å². The number of rotatable bonds is 18. The van der Waals surface area contributed by atoms with Crippen LogP contribution in [-0.4, -0.2) is 43.4 Å². The summed E-state index contributed by atoms with van der Waals surface area (Å²) in [5.74, 6) is 0.0696. The van der Waals surface area contributed by atoms with Crippen LogP contribution in [0.2, 0.25) is 0 Å². The second kappa shape index (κ2) is 16.5. The molecule has 0 aliphatic rings. The molecule has 0 fully saturated rings. The van der Waals surface area contributed by atoms with Gasteiger partial charge in [-0.2, -0.15) is 8.42 Å². The Kier molecular flexibility index (Phi) is 15.9. The Bertz CT molecular complexity index is 628. The lowest BCUT2D eigenvalue weighted by molar-refractivity contribution is -0.150. The minimum absolute atomic E-state index is 0.0522. The fraction of sp³-hybridized carbons (Fsp3) is 0.917. The average molecular weight is 479 g/mol. The van der Waals surface area contributed by atoms with Crippen LogP contribution in [-0.2, 0) is 29.2 Å². The van der Waals surface area contributed by atoms with Gasteiger partial charge < -0.3 is 9.47 Å². The monoisotopic (exact) mass is 478 g/mol. The molecule has 3 atom stereocenters. The normalized spacial score (nSPS) is 14.9. The highest BCUT2D eigenvalue weighted by atomic mass is 32.2. The predicted octanol–water partition coefficient (Wildman–Crippen LogP) is 5.42. The van der Waals surface area contributed by atoms with E-state index in [-0.39, 0.29) is 13.2 Å². The van der Waals surface area contributed by atoms with Crippen LogP contribution < -0.4 is 0 Å².